The monoisotopic (exact) mass is 533 g/mol. The minimum atomic E-state index is 0.0690. The number of nitrogens with one attached hydrogen (secondary N) is 1. The average Bonchev–Trinajstić information content (AvgIpc) is 3.68. The van der Waals surface area contributed by atoms with Crippen LogP contribution in [0.1, 0.15) is 60.0 Å². The van der Waals surface area contributed by atoms with Crippen LogP contribution in [-0.4, -0.2) is 39.3 Å². The summed E-state index contributed by atoms with van der Waals surface area (Å²) < 4.78 is 2.09. The highest BCUT2D eigenvalue weighted by atomic mass is 16.2. The number of benzene rings is 3. The van der Waals surface area contributed by atoms with Crippen LogP contribution in [0.3, 0.4) is 0 Å². The summed E-state index contributed by atoms with van der Waals surface area (Å²) in [7, 11) is 0. The summed E-state index contributed by atoms with van der Waals surface area (Å²) in [4.78, 5) is 19.9. The van der Waals surface area contributed by atoms with Gasteiger partial charge >= 0.3 is 0 Å². The predicted molar refractivity (Wildman–Crippen MR) is 158 cm³/mol. The minimum absolute atomic E-state index is 0.0690. The molecule has 5 rings (SSSR count). The highest BCUT2D eigenvalue weighted by molar-refractivity contribution is 6.05. The Kier molecular flexibility index (Phi) is 8.44. The Bertz CT molecular complexity index is 1500. The molecule has 2 heterocycles. The summed E-state index contributed by atoms with van der Waals surface area (Å²) in [5.41, 5.74) is 14.0. The van der Waals surface area contributed by atoms with Crippen molar-refractivity contribution in [2.24, 2.45) is 16.1 Å². The number of amidine groups is 1. The zero-order chi connectivity index (χ0) is 27.9. The van der Waals surface area contributed by atoms with Crippen LogP contribution < -0.4 is 5.84 Å². The second-order valence-corrected chi connectivity index (χ2v) is 10.1. The molecule has 204 valence electrons. The number of nitrogens with zero attached hydrogens (tertiary/aromatic N) is 5. The van der Waals surface area contributed by atoms with E-state index >= 15 is 0 Å². The molecule has 0 saturated carbocycles. The summed E-state index contributed by atoms with van der Waals surface area (Å²) in [5, 5.41) is 7.30. The van der Waals surface area contributed by atoms with Gasteiger partial charge in [-0.3, -0.25) is 4.79 Å². The number of carbonyl (C=O) groups is 1. The number of nitrogens with two attached hydrogens (primary N) is 1. The third kappa shape index (κ3) is 5.71. The summed E-state index contributed by atoms with van der Waals surface area (Å²) in [6.45, 7) is 4.36. The Balaban J connectivity index is 1.48. The van der Waals surface area contributed by atoms with Crippen molar-refractivity contribution in [2.45, 2.75) is 45.6 Å². The fourth-order valence-corrected chi connectivity index (χ4v) is 5.30. The topological polar surface area (TPSA) is 113 Å². The van der Waals surface area contributed by atoms with E-state index < -0.39 is 0 Å². The number of carbonyl (C=O) groups excluding carboxylic acids is 1. The van der Waals surface area contributed by atoms with Crippen LogP contribution in [0, 0.1) is 5.53 Å². The lowest BCUT2D eigenvalue weighted by Gasteiger charge is -2.18. The summed E-state index contributed by atoms with van der Waals surface area (Å²) >= 11 is 0. The van der Waals surface area contributed by atoms with Crippen LogP contribution in [0.4, 0.5) is 0 Å². The minimum Gasteiger partial charge on any atom is -0.337 e. The molecule has 0 unspecified atom stereocenters. The molecule has 0 aliphatic carbocycles. The summed E-state index contributed by atoms with van der Waals surface area (Å²) in [5.74, 6) is 6.77. The number of hydrogen-bond acceptors (Lipinski definition) is 5. The van der Waals surface area contributed by atoms with Crippen LogP contribution >= 0.6 is 0 Å². The lowest BCUT2D eigenvalue weighted by Crippen LogP contribution is -2.30. The maximum Gasteiger partial charge on any atom is 0.272 e. The van der Waals surface area contributed by atoms with Gasteiger partial charge in [0.1, 0.15) is 11.5 Å². The van der Waals surface area contributed by atoms with Gasteiger partial charge in [0.15, 0.2) is 5.84 Å². The molecule has 1 saturated heterocycles. The predicted octanol–water partition coefficient (Wildman–Crippen LogP) is 6.50. The molecule has 1 fully saturated rings. The van der Waals surface area contributed by atoms with Gasteiger partial charge in [0.25, 0.3) is 5.91 Å². The number of rotatable bonds is 9. The van der Waals surface area contributed by atoms with Gasteiger partial charge < -0.3 is 15.3 Å². The SMILES string of the molecule is CCCCc1ncc(C(=O)N2CCCC2)n1Cc1ccc(-c2cc(-c3ccccc3)ccc2/C(N=N)=N/N)cc1. The molecule has 1 aliphatic heterocycles. The first kappa shape index (κ1) is 27.0. The van der Waals surface area contributed by atoms with E-state index in [2.05, 4.69) is 69.2 Å². The number of hydrogen-bond donors (Lipinski definition) is 2. The van der Waals surface area contributed by atoms with Crippen LogP contribution in [0.15, 0.2) is 89.2 Å². The van der Waals surface area contributed by atoms with E-state index in [0.29, 0.717) is 17.8 Å². The van der Waals surface area contributed by atoms with E-state index in [1.54, 1.807) is 6.20 Å². The molecule has 3 aromatic carbocycles. The van der Waals surface area contributed by atoms with Crippen molar-refractivity contribution >= 4 is 11.7 Å². The largest absolute Gasteiger partial charge is 0.337 e. The molecular formula is C32H35N7O. The number of imidazole rings is 1. The van der Waals surface area contributed by atoms with E-state index in [9.17, 15) is 4.79 Å². The Labute approximate surface area is 235 Å². The van der Waals surface area contributed by atoms with Crippen LogP contribution in [-0.2, 0) is 13.0 Å². The van der Waals surface area contributed by atoms with Crippen molar-refractivity contribution in [3.8, 4) is 22.3 Å². The molecule has 1 aromatic heterocycles. The van der Waals surface area contributed by atoms with Crippen molar-refractivity contribution in [1.29, 1.82) is 5.53 Å². The van der Waals surface area contributed by atoms with E-state index in [-0.39, 0.29) is 11.7 Å². The van der Waals surface area contributed by atoms with Crippen molar-refractivity contribution in [1.82, 2.24) is 14.5 Å². The molecule has 0 spiro atoms. The standard InChI is InChI=1S/C32H35N7O/c1-2-3-11-30-35-21-29(32(40)38-18-7-8-19-38)39(30)22-23-12-14-25(15-13-23)28-20-26(24-9-5-4-6-10-24)16-17-27(28)31(36-33)37-34/h4-6,9-10,12-17,20-21,33H,2-3,7-8,11,18-19,22,34H2,1H3/b36-33?,37-31-. The van der Waals surface area contributed by atoms with Gasteiger partial charge in [-0.15, -0.1) is 5.11 Å². The molecule has 0 atom stereocenters. The smallest absolute Gasteiger partial charge is 0.272 e. The molecule has 4 aromatic rings. The lowest BCUT2D eigenvalue weighted by molar-refractivity contribution is 0.0782. The van der Waals surface area contributed by atoms with Gasteiger partial charge in [-0.1, -0.05) is 74.0 Å². The Morgan fingerprint density at radius 3 is 2.38 bits per heavy atom. The average molecular weight is 534 g/mol. The molecule has 40 heavy (non-hydrogen) atoms. The van der Waals surface area contributed by atoms with Crippen molar-refractivity contribution in [2.75, 3.05) is 13.1 Å². The van der Waals surface area contributed by atoms with Crippen molar-refractivity contribution in [3.05, 3.63) is 102 Å². The van der Waals surface area contributed by atoms with Gasteiger partial charge in [-0.05, 0) is 59.2 Å². The molecule has 0 bridgehead atoms. The van der Waals surface area contributed by atoms with Crippen LogP contribution in [0.2, 0.25) is 0 Å². The zero-order valence-electron chi connectivity index (χ0n) is 22.9. The third-order valence-electron chi connectivity index (χ3n) is 7.51. The second-order valence-electron chi connectivity index (χ2n) is 10.1. The number of unbranched alkanes of at least 4 members (excludes halogenated alkanes) is 1. The van der Waals surface area contributed by atoms with Gasteiger partial charge in [0.2, 0.25) is 0 Å². The molecule has 8 nitrogen and oxygen atoms in total. The normalized spacial score (nSPS) is 13.5. The maximum atomic E-state index is 13.3. The first-order valence-corrected chi connectivity index (χ1v) is 13.9. The first-order valence-electron chi connectivity index (χ1n) is 13.9. The highest BCUT2D eigenvalue weighted by Crippen LogP contribution is 2.31. The van der Waals surface area contributed by atoms with Crippen LogP contribution in [0.25, 0.3) is 22.3 Å². The van der Waals surface area contributed by atoms with Crippen molar-refractivity contribution in [3.63, 3.8) is 0 Å². The third-order valence-corrected chi connectivity index (χ3v) is 7.51. The van der Waals surface area contributed by atoms with Gasteiger partial charge in [0, 0.05) is 31.6 Å². The molecule has 1 aliphatic rings. The number of likely N-dealkylation sites (tertiary alicyclic amines) is 1. The highest BCUT2D eigenvalue weighted by Gasteiger charge is 2.24. The van der Waals surface area contributed by atoms with E-state index in [1.807, 2.05) is 35.2 Å². The number of aromatic nitrogens is 2. The van der Waals surface area contributed by atoms with Gasteiger partial charge in [-0.2, -0.15) is 5.10 Å². The fraction of sp³-hybridized carbons (Fsp3) is 0.281. The van der Waals surface area contributed by atoms with E-state index in [0.717, 1.165) is 78.8 Å². The Hall–Kier alpha value is -4.59. The molecule has 8 heteroatoms. The quantitative estimate of drug-likeness (QED) is 0.0842. The summed E-state index contributed by atoms with van der Waals surface area (Å²) in [6.07, 6.45) is 6.80. The molecule has 0 radical (unpaired) electrons. The number of aryl methyl sites for hydroxylation is 1. The Morgan fingerprint density at radius 1 is 0.975 bits per heavy atom. The summed E-state index contributed by atoms with van der Waals surface area (Å²) in [6, 6.07) is 24.4. The van der Waals surface area contributed by atoms with Gasteiger partial charge in [-0.25, -0.2) is 10.5 Å². The number of amides is 1. The van der Waals surface area contributed by atoms with E-state index in [1.165, 1.54) is 0 Å². The van der Waals surface area contributed by atoms with Crippen LogP contribution in [0.5, 0.6) is 0 Å². The van der Waals surface area contributed by atoms with Gasteiger partial charge in [0.05, 0.1) is 6.20 Å². The zero-order valence-corrected chi connectivity index (χ0v) is 22.9. The fourth-order valence-electron chi connectivity index (χ4n) is 5.30. The molecule has 3 N–H and O–H groups in total. The molecular weight excluding hydrogens is 498 g/mol. The van der Waals surface area contributed by atoms with E-state index in [4.69, 9.17) is 11.4 Å². The lowest BCUT2D eigenvalue weighted by atomic mass is 9.93. The molecule has 1 amide bonds. The first-order chi connectivity index (χ1) is 19.6. The number of hydrazone groups is 1. The van der Waals surface area contributed by atoms with Crippen molar-refractivity contribution < 1.29 is 4.79 Å². The Morgan fingerprint density at radius 2 is 1.70 bits per heavy atom. The second kappa shape index (κ2) is 12.5. The maximum absolute atomic E-state index is 13.3.